The van der Waals surface area contributed by atoms with Gasteiger partial charge in [-0.3, -0.25) is 0 Å². The van der Waals surface area contributed by atoms with Crippen molar-refractivity contribution in [1.29, 1.82) is 0 Å². The van der Waals surface area contributed by atoms with E-state index in [0.717, 1.165) is 41.8 Å². The van der Waals surface area contributed by atoms with Crippen LogP contribution in [0.4, 0.5) is 5.82 Å². The number of hydrogen-bond donors (Lipinski definition) is 1. The van der Waals surface area contributed by atoms with E-state index < -0.39 is 0 Å². The molecule has 0 spiro atoms. The van der Waals surface area contributed by atoms with Crippen molar-refractivity contribution in [3.05, 3.63) is 23.9 Å². The molecule has 5 rings (SSSR count). The Morgan fingerprint density at radius 2 is 1.80 bits per heavy atom. The molecule has 0 radical (unpaired) electrons. The van der Waals surface area contributed by atoms with Gasteiger partial charge in [0.05, 0.1) is 13.2 Å². The van der Waals surface area contributed by atoms with Crippen LogP contribution in [-0.2, 0) is 11.3 Å². The van der Waals surface area contributed by atoms with Crippen LogP contribution >= 0.6 is 0 Å². The van der Waals surface area contributed by atoms with E-state index in [2.05, 4.69) is 4.98 Å². The summed E-state index contributed by atoms with van der Waals surface area (Å²) in [7, 11) is 0. The van der Waals surface area contributed by atoms with E-state index in [4.69, 9.17) is 10.5 Å². The van der Waals surface area contributed by atoms with Crippen LogP contribution in [-0.4, -0.2) is 11.6 Å². The van der Waals surface area contributed by atoms with Crippen molar-refractivity contribution < 1.29 is 4.74 Å². The second kappa shape index (κ2) is 5.03. The lowest BCUT2D eigenvalue weighted by Crippen LogP contribution is -2.46. The highest BCUT2D eigenvalue weighted by molar-refractivity contribution is 5.31. The molecule has 4 fully saturated rings. The second-order valence-electron chi connectivity index (χ2n) is 7.20. The van der Waals surface area contributed by atoms with Crippen LogP contribution in [0.5, 0.6) is 0 Å². The Balaban J connectivity index is 1.34. The van der Waals surface area contributed by atoms with Gasteiger partial charge in [0, 0.05) is 6.20 Å². The number of pyridine rings is 1. The number of ether oxygens (including phenoxy) is 1. The van der Waals surface area contributed by atoms with Gasteiger partial charge < -0.3 is 10.5 Å². The van der Waals surface area contributed by atoms with Crippen LogP contribution in [0.3, 0.4) is 0 Å². The van der Waals surface area contributed by atoms with Crippen molar-refractivity contribution in [2.75, 3.05) is 12.3 Å². The number of rotatable bonds is 4. The molecule has 0 unspecified atom stereocenters. The number of anilines is 1. The van der Waals surface area contributed by atoms with E-state index in [1.807, 2.05) is 12.1 Å². The number of aromatic nitrogens is 1. The Morgan fingerprint density at radius 1 is 1.10 bits per heavy atom. The van der Waals surface area contributed by atoms with Crippen LogP contribution in [0.15, 0.2) is 18.3 Å². The molecule has 1 aromatic rings. The largest absolute Gasteiger partial charge is 0.384 e. The topological polar surface area (TPSA) is 48.1 Å². The summed E-state index contributed by atoms with van der Waals surface area (Å²) in [6, 6.07) is 3.91. The third-order valence-electron chi connectivity index (χ3n) is 5.85. The van der Waals surface area contributed by atoms with Gasteiger partial charge >= 0.3 is 0 Å². The fourth-order valence-corrected chi connectivity index (χ4v) is 5.21. The molecule has 2 N–H and O–H groups in total. The molecule has 1 aromatic heterocycles. The predicted molar refractivity (Wildman–Crippen MR) is 78.8 cm³/mol. The summed E-state index contributed by atoms with van der Waals surface area (Å²) in [4.78, 5) is 4.02. The molecule has 0 amide bonds. The lowest BCUT2D eigenvalue weighted by molar-refractivity contribution is -0.0742. The minimum atomic E-state index is 0.584. The Kier molecular flexibility index (Phi) is 3.18. The fourth-order valence-electron chi connectivity index (χ4n) is 5.21. The Labute approximate surface area is 120 Å². The molecular weight excluding hydrogens is 248 g/mol. The smallest absolute Gasteiger partial charge is 0.123 e. The van der Waals surface area contributed by atoms with Gasteiger partial charge in [-0.1, -0.05) is 0 Å². The molecule has 0 aliphatic heterocycles. The maximum absolute atomic E-state index is 6.02. The molecule has 0 saturated heterocycles. The maximum atomic E-state index is 6.02. The number of hydrogen-bond acceptors (Lipinski definition) is 3. The van der Waals surface area contributed by atoms with Crippen LogP contribution in [0.1, 0.15) is 37.7 Å². The fraction of sp³-hybridized carbons (Fsp3) is 0.706. The first-order chi connectivity index (χ1) is 9.78. The first-order valence-electron chi connectivity index (χ1n) is 8.06. The van der Waals surface area contributed by atoms with Crippen molar-refractivity contribution in [2.24, 2.45) is 29.6 Å². The van der Waals surface area contributed by atoms with Crippen LogP contribution in [0.2, 0.25) is 0 Å². The van der Waals surface area contributed by atoms with Crippen molar-refractivity contribution in [1.82, 2.24) is 4.98 Å². The van der Waals surface area contributed by atoms with Gasteiger partial charge in [-0.25, -0.2) is 4.98 Å². The van der Waals surface area contributed by atoms with Gasteiger partial charge in [0.2, 0.25) is 0 Å². The normalized spacial score (nSPS) is 38.3. The van der Waals surface area contributed by atoms with E-state index in [9.17, 15) is 0 Å². The van der Waals surface area contributed by atoms with E-state index in [0.29, 0.717) is 12.4 Å². The molecule has 4 bridgehead atoms. The minimum absolute atomic E-state index is 0.584. The molecule has 1 heterocycles. The maximum Gasteiger partial charge on any atom is 0.123 e. The van der Waals surface area contributed by atoms with Gasteiger partial charge in [0.15, 0.2) is 0 Å². The molecule has 4 aliphatic carbocycles. The Morgan fingerprint density at radius 3 is 2.45 bits per heavy atom. The zero-order valence-electron chi connectivity index (χ0n) is 12.0. The van der Waals surface area contributed by atoms with Crippen molar-refractivity contribution >= 4 is 5.82 Å². The van der Waals surface area contributed by atoms with Gasteiger partial charge in [0.25, 0.3) is 0 Å². The molecular formula is C17H24N2O. The summed E-state index contributed by atoms with van der Waals surface area (Å²) in [6.07, 6.45) is 9.19. The van der Waals surface area contributed by atoms with Crippen LogP contribution < -0.4 is 5.73 Å². The highest BCUT2D eigenvalue weighted by Crippen LogP contribution is 2.56. The molecule has 108 valence electrons. The Hall–Kier alpha value is -1.09. The predicted octanol–water partition coefficient (Wildman–Crippen LogP) is 3.25. The van der Waals surface area contributed by atoms with E-state index in [1.165, 1.54) is 32.1 Å². The van der Waals surface area contributed by atoms with Crippen molar-refractivity contribution in [3.8, 4) is 0 Å². The van der Waals surface area contributed by atoms with E-state index in [1.54, 1.807) is 6.20 Å². The molecule has 3 heteroatoms. The number of nitrogens with zero attached hydrogens (tertiary/aromatic N) is 1. The Bertz CT molecular complexity index is 460. The van der Waals surface area contributed by atoms with Gasteiger partial charge in [-0.05, 0) is 79.4 Å². The zero-order valence-corrected chi connectivity index (χ0v) is 12.0. The summed E-state index contributed by atoms with van der Waals surface area (Å²) in [5.41, 5.74) is 6.84. The van der Waals surface area contributed by atoms with Gasteiger partial charge in [-0.15, -0.1) is 0 Å². The third kappa shape index (κ3) is 2.32. The molecule has 0 aromatic carbocycles. The second-order valence-corrected chi connectivity index (χ2v) is 7.20. The van der Waals surface area contributed by atoms with Crippen LogP contribution in [0.25, 0.3) is 0 Å². The van der Waals surface area contributed by atoms with Gasteiger partial charge in [0.1, 0.15) is 5.82 Å². The molecule has 20 heavy (non-hydrogen) atoms. The standard InChI is InChI=1S/C17H24N2O/c18-17-8-11(1-2-19-17)9-20-10-16-14-4-12-3-13(6-14)7-15(16)5-12/h1-2,8,12-16H,3-7,9-10H2,(H2,18,19). The summed E-state index contributed by atoms with van der Waals surface area (Å²) in [5.74, 6) is 5.41. The summed E-state index contributed by atoms with van der Waals surface area (Å²) < 4.78 is 6.02. The van der Waals surface area contributed by atoms with E-state index >= 15 is 0 Å². The summed E-state index contributed by atoms with van der Waals surface area (Å²) >= 11 is 0. The lowest BCUT2D eigenvalue weighted by Gasteiger charge is -2.54. The molecule has 4 aliphatic rings. The van der Waals surface area contributed by atoms with Crippen molar-refractivity contribution in [3.63, 3.8) is 0 Å². The molecule has 3 nitrogen and oxygen atoms in total. The zero-order chi connectivity index (χ0) is 13.5. The van der Waals surface area contributed by atoms with E-state index in [-0.39, 0.29) is 0 Å². The average molecular weight is 272 g/mol. The number of nitrogen functional groups attached to an aromatic ring is 1. The van der Waals surface area contributed by atoms with Gasteiger partial charge in [-0.2, -0.15) is 0 Å². The minimum Gasteiger partial charge on any atom is -0.384 e. The average Bonchev–Trinajstić information content (AvgIpc) is 2.41. The summed E-state index contributed by atoms with van der Waals surface area (Å²) in [6.45, 7) is 1.62. The number of nitrogens with two attached hydrogens (primary N) is 1. The monoisotopic (exact) mass is 272 g/mol. The quantitative estimate of drug-likeness (QED) is 0.915. The third-order valence-corrected chi connectivity index (χ3v) is 5.85. The first kappa shape index (κ1) is 12.6. The highest BCUT2D eigenvalue weighted by atomic mass is 16.5. The summed E-state index contributed by atoms with van der Waals surface area (Å²) in [5, 5.41) is 0. The SMILES string of the molecule is Nc1cc(COCC2C3CC4CC(C3)CC2C4)ccn1. The van der Waals surface area contributed by atoms with Crippen molar-refractivity contribution in [2.45, 2.75) is 38.7 Å². The first-order valence-corrected chi connectivity index (χ1v) is 8.06. The molecule has 0 atom stereocenters. The lowest BCUT2D eigenvalue weighted by atomic mass is 9.52. The highest BCUT2D eigenvalue weighted by Gasteiger charge is 2.47. The molecule has 4 saturated carbocycles. The van der Waals surface area contributed by atoms with Crippen LogP contribution in [0, 0.1) is 29.6 Å².